The molecule has 0 spiro atoms. The number of pyridine rings is 1. The number of nitrogens with zero attached hydrogens (tertiary/aromatic N) is 3. The van der Waals surface area contributed by atoms with Gasteiger partial charge in [0.15, 0.2) is 0 Å². The number of halogens is 4. The molecule has 0 aliphatic heterocycles. The van der Waals surface area contributed by atoms with Gasteiger partial charge in [-0.05, 0) is 64.1 Å². The summed E-state index contributed by atoms with van der Waals surface area (Å²) >= 11 is 24.8. The van der Waals surface area contributed by atoms with Gasteiger partial charge < -0.3 is 10.1 Å². The number of rotatable bonds is 9. The van der Waals surface area contributed by atoms with Crippen LogP contribution in [0, 0.1) is 0 Å². The van der Waals surface area contributed by atoms with Crippen LogP contribution in [0.5, 0.6) is 0 Å². The molecule has 1 heterocycles. The Morgan fingerprint density at radius 2 is 0.815 bits per heavy atom. The summed E-state index contributed by atoms with van der Waals surface area (Å²) in [6, 6.07) is 46.8. The third kappa shape index (κ3) is 12.3. The molecule has 0 fully saturated rings. The van der Waals surface area contributed by atoms with Gasteiger partial charge in [-0.15, -0.1) is 0 Å². The number of nitrogens with one attached hydrogen (secondary N) is 1. The van der Waals surface area contributed by atoms with E-state index in [1.807, 2.05) is 100 Å². The topological polar surface area (TPSA) is 70.6 Å². The SMILES string of the molecule is CC(=Nc1c(Cl)cccc1Cl)c1cccc(C(C)=Nc2c(Cl)cccc2Cl)n1.CCOCC.[Ir].[NH-][Si](c1ccccc1)(c1ccccc1)c1ccccc1. The Morgan fingerprint density at radius 1 is 0.519 bits per heavy atom. The summed E-state index contributed by atoms with van der Waals surface area (Å²) in [6.45, 7) is 9.37. The second kappa shape index (κ2) is 22.8. The Balaban J connectivity index is 0.000000264. The van der Waals surface area contributed by atoms with E-state index in [0.29, 0.717) is 54.3 Å². The van der Waals surface area contributed by atoms with Crippen molar-refractivity contribution in [2.45, 2.75) is 27.7 Å². The first-order valence-electron chi connectivity index (χ1n) is 17.1. The van der Waals surface area contributed by atoms with Gasteiger partial charge in [-0.2, -0.15) is 0 Å². The van der Waals surface area contributed by atoms with Gasteiger partial charge in [0.25, 0.3) is 0 Å². The van der Waals surface area contributed by atoms with Crippen LogP contribution in [-0.4, -0.2) is 37.9 Å². The molecule has 0 amide bonds. The van der Waals surface area contributed by atoms with Crippen molar-refractivity contribution in [1.82, 2.24) is 4.98 Å². The Hall–Kier alpha value is -3.46. The number of benzene rings is 5. The molecule has 5 nitrogen and oxygen atoms in total. The molecule has 0 unspecified atom stereocenters. The van der Waals surface area contributed by atoms with Crippen LogP contribution in [0.2, 0.25) is 20.1 Å². The summed E-state index contributed by atoms with van der Waals surface area (Å²) in [7, 11) is -2.63. The second-order valence-corrected chi connectivity index (χ2v) is 16.4. The van der Waals surface area contributed by atoms with Gasteiger partial charge in [-0.1, -0.05) is 171 Å². The summed E-state index contributed by atoms with van der Waals surface area (Å²) in [6.07, 6.45) is 0. The maximum atomic E-state index is 9.28. The molecule has 0 saturated carbocycles. The van der Waals surface area contributed by atoms with Crippen molar-refractivity contribution in [2.75, 3.05) is 13.2 Å². The van der Waals surface area contributed by atoms with Crippen molar-refractivity contribution < 1.29 is 24.8 Å². The van der Waals surface area contributed by atoms with Crippen molar-refractivity contribution >= 4 is 93.0 Å². The van der Waals surface area contributed by atoms with Crippen LogP contribution in [0.1, 0.15) is 39.1 Å². The molecule has 1 aromatic heterocycles. The average molecular weight is 992 g/mol. The zero-order chi connectivity index (χ0) is 38.2. The van der Waals surface area contributed by atoms with E-state index in [4.69, 9.17) is 51.1 Å². The molecule has 1 radical (unpaired) electrons. The molecule has 6 aromatic rings. The smallest absolute Gasteiger partial charge is 0.101 e. The molecule has 0 saturated heterocycles. The normalized spacial score (nSPS) is 11.4. The average Bonchev–Trinajstić information content (AvgIpc) is 3.19. The summed E-state index contributed by atoms with van der Waals surface area (Å²) < 4.78 is 4.83. The van der Waals surface area contributed by atoms with Crippen molar-refractivity contribution in [3.05, 3.63) is 182 Å². The maximum absolute atomic E-state index is 9.28. The van der Waals surface area contributed by atoms with E-state index in [1.165, 1.54) is 0 Å². The van der Waals surface area contributed by atoms with Crippen LogP contribution >= 0.6 is 46.4 Å². The first kappa shape index (κ1) is 44.9. The van der Waals surface area contributed by atoms with E-state index in [0.717, 1.165) is 28.8 Å². The third-order valence-electron chi connectivity index (χ3n) is 7.95. The fraction of sp³-hybridized carbons (Fsp3) is 0.140. The van der Waals surface area contributed by atoms with Gasteiger partial charge >= 0.3 is 0 Å². The van der Waals surface area contributed by atoms with Crippen LogP contribution in [-0.2, 0) is 24.8 Å². The predicted octanol–water partition coefficient (Wildman–Crippen LogP) is 11.7. The van der Waals surface area contributed by atoms with E-state index in [1.54, 1.807) is 36.4 Å². The van der Waals surface area contributed by atoms with Gasteiger partial charge in [0.2, 0.25) is 0 Å². The molecule has 5 aromatic carbocycles. The monoisotopic (exact) mass is 990 g/mol. The molecule has 54 heavy (non-hydrogen) atoms. The molecule has 0 aliphatic rings. The number of aromatic nitrogens is 1. The molecular weight excluding hydrogens is 951 g/mol. The number of hydrogen-bond acceptors (Lipinski definition) is 4. The van der Waals surface area contributed by atoms with Crippen LogP contribution in [0.3, 0.4) is 0 Å². The molecule has 1 N–H and O–H groups in total. The largest absolute Gasteiger partial charge is 0.668 e. The Labute approximate surface area is 353 Å². The van der Waals surface area contributed by atoms with Gasteiger partial charge in [0.1, 0.15) is 11.4 Å². The predicted molar refractivity (Wildman–Crippen MR) is 231 cm³/mol. The summed E-state index contributed by atoms with van der Waals surface area (Å²) in [4.78, 5) is 13.7. The van der Waals surface area contributed by atoms with Crippen LogP contribution in [0.4, 0.5) is 11.4 Å². The van der Waals surface area contributed by atoms with E-state index in [-0.39, 0.29) is 20.1 Å². The van der Waals surface area contributed by atoms with Crippen LogP contribution in [0.25, 0.3) is 5.40 Å². The maximum Gasteiger partial charge on any atom is 0.101 e. The zero-order valence-corrected chi connectivity index (χ0v) is 36.8. The van der Waals surface area contributed by atoms with Gasteiger partial charge in [0, 0.05) is 41.6 Å². The summed E-state index contributed by atoms with van der Waals surface area (Å²) in [5.41, 5.74) is 3.77. The number of para-hydroxylation sites is 2. The summed E-state index contributed by atoms with van der Waals surface area (Å²) in [5.74, 6) is 0. The first-order chi connectivity index (χ1) is 25.6. The van der Waals surface area contributed by atoms with E-state index in [2.05, 4.69) is 51.4 Å². The Bertz CT molecular complexity index is 1900. The fourth-order valence-electron chi connectivity index (χ4n) is 5.25. The van der Waals surface area contributed by atoms with Crippen molar-refractivity contribution in [3.8, 4) is 0 Å². The number of ether oxygens (including phenoxy) is 1. The van der Waals surface area contributed by atoms with Crippen LogP contribution in [0.15, 0.2) is 156 Å². The molecule has 0 bridgehead atoms. The van der Waals surface area contributed by atoms with Crippen molar-refractivity contribution in [1.29, 1.82) is 0 Å². The van der Waals surface area contributed by atoms with Gasteiger partial charge in [-0.3, -0.25) is 0 Å². The van der Waals surface area contributed by atoms with E-state index < -0.39 is 8.24 Å². The summed E-state index contributed by atoms with van der Waals surface area (Å²) in [5, 5.41) is 14.6. The number of hydrogen-bond donors (Lipinski definition) is 0. The minimum Gasteiger partial charge on any atom is -0.668 e. The molecule has 6 rings (SSSR count). The molecule has 0 atom stereocenters. The first-order valence-corrected chi connectivity index (χ1v) is 20.6. The van der Waals surface area contributed by atoms with Crippen molar-refractivity contribution in [2.24, 2.45) is 9.98 Å². The van der Waals surface area contributed by atoms with Gasteiger partial charge in [-0.25, -0.2) is 15.0 Å². The van der Waals surface area contributed by atoms with Crippen molar-refractivity contribution in [3.63, 3.8) is 0 Å². The van der Waals surface area contributed by atoms with Crippen LogP contribution < -0.4 is 15.6 Å². The second-order valence-electron chi connectivity index (χ2n) is 11.6. The molecule has 0 aliphatic carbocycles. The molecule has 11 heteroatoms. The standard InChI is InChI=1S/C21H15Cl4N3.C18H16NSi.C4H10O.Ir/c1-12(26-20-14(22)6-3-7-15(20)23)18-10-5-11-19(28-18)13(2)27-21-16(24)8-4-9-17(21)25;19-20(16-10-4-1-5-11-16,17-12-6-2-7-13-17)18-14-8-3-9-15-18;1-3-5-4-2;/h3-11H,1-2H3;1-15,19H;3-4H2,1-2H3;/q;-1;;. The molecule has 281 valence electrons. The minimum absolute atomic E-state index is 0. The van der Waals surface area contributed by atoms with Gasteiger partial charge in [0.05, 0.1) is 42.9 Å². The molecular formula is C43H41Cl4IrN4OSi-. The fourth-order valence-corrected chi connectivity index (χ4v) is 9.29. The Kier molecular flexibility index (Phi) is 19.0. The zero-order valence-electron chi connectivity index (χ0n) is 30.4. The quantitative estimate of drug-likeness (QED) is 0.0823. The Morgan fingerprint density at radius 3 is 1.09 bits per heavy atom. The third-order valence-corrected chi connectivity index (χ3v) is 12.8. The van der Waals surface area contributed by atoms with E-state index in [9.17, 15) is 5.40 Å². The minimum atomic E-state index is -2.63. The number of aliphatic imine (C=N–C) groups is 2. The van der Waals surface area contributed by atoms with E-state index >= 15 is 0 Å².